The molecule has 2 aromatic rings. The number of aliphatic imine (C=N–C) groups is 1. The van der Waals surface area contributed by atoms with Gasteiger partial charge in [-0.3, -0.25) is 4.68 Å². The van der Waals surface area contributed by atoms with Crippen molar-refractivity contribution < 1.29 is 4.39 Å². The molecule has 1 aromatic carbocycles. The summed E-state index contributed by atoms with van der Waals surface area (Å²) in [5.41, 5.74) is 2.69. The van der Waals surface area contributed by atoms with Crippen molar-refractivity contribution in [3.63, 3.8) is 0 Å². The van der Waals surface area contributed by atoms with Gasteiger partial charge in [-0.25, -0.2) is 9.38 Å². The Kier molecular flexibility index (Phi) is 6.14. The molecule has 0 atom stereocenters. The molecular weight excluding hydrogens is 293 g/mol. The SMILES string of the molecule is CCNC(=NCc1ccc(C)c(F)c1)NCCc1cnn(C)c1. The molecule has 1 heterocycles. The van der Waals surface area contributed by atoms with Gasteiger partial charge < -0.3 is 10.6 Å². The van der Waals surface area contributed by atoms with Crippen LogP contribution in [0.3, 0.4) is 0 Å². The maximum atomic E-state index is 13.6. The molecule has 5 nitrogen and oxygen atoms in total. The lowest BCUT2D eigenvalue weighted by molar-refractivity contribution is 0.616. The highest BCUT2D eigenvalue weighted by Crippen LogP contribution is 2.09. The second-order valence-electron chi connectivity index (χ2n) is 5.48. The summed E-state index contributed by atoms with van der Waals surface area (Å²) < 4.78 is 15.3. The monoisotopic (exact) mass is 317 g/mol. The zero-order valence-corrected chi connectivity index (χ0v) is 13.9. The number of hydrogen-bond acceptors (Lipinski definition) is 2. The summed E-state index contributed by atoms with van der Waals surface area (Å²) in [6.45, 7) is 5.76. The van der Waals surface area contributed by atoms with Crippen molar-refractivity contribution in [3.05, 3.63) is 53.1 Å². The van der Waals surface area contributed by atoms with Crippen molar-refractivity contribution in [1.29, 1.82) is 0 Å². The van der Waals surface area contributed by atoms with Crippen LogP contribution in [0.1, 0.15) is 23.6 Å². The first-order valence-corrected chi connectivity index (χ1v) is 7.83. The fraction of sp³-hybridized carbons (Fsp3) is 0.412. The Labute approximate surface area is 136 Å². The normalized spacial score (nSPS) is 11.6. The van der Waals surface area contributed by atoms with Crippen molar-refractivity contribution >= 4 is 5.96 Å². The van der Waals surface area contributed by atoms with Gasteiger partial charge in [-0.05, 0) is 43.0 Å². The Morgan fingerprint density at radius 3 is 2.78 bits per heavy atom. The highest BCUT2D eigenvalue weighted by Gasteiger charge is 2.02. The summed E-state index contributed by atoms with van der Waals surface area (Å²) in [5.74, 6) is 0.546. The summed E-state index contributed by atoms with van der Waals surface area (Å²) in [6.07, 6.45) is 4.74. The number of aryl methyl sites for hydroxylation is 2. The van der Waals surface area contributed by atoms with E-state index in [0.29, 0.717) is 12.1 Å². The molecular formula is C17H24FN5. The van der Waals surface area contributed by atoms with E-state index < -0.39 is 0 Å². The molecule has 0 saturated heterocycles. The van der Waals surface area contributed by atoms with Crippen LogP contribution in [0.5, 0.6) is 0 Å². The van der Waals surface area contributed by atoms with Crippen LogP contribution < -0.4 is 10.6 Å². The standard InChI is InChI=1S/C17H24FN5/c1-4-19-17(20-8-7-15-11-22-23(3)12-15)21-10-14-6-5-13(2)16(18)9-14/h5-6,9,11-12H,4,7-8,10H2,1-3H3,(H2,19,20,21). The third-order valence-corrected chi connectivity index (χ3v) is 3.46. The second kappa shape index (κ2) is 8.31. The fourth-order valence-electron chi connectivity index (χ4n) is 2.17. The Morgan fingerprint density at radius 1 is 1.30 bits per heavy atom. The third-order valence-electron chi connectivity index (χ3n) is 3.46. The van der Waals surface area contributed by atoms with E-state index in [1.807, 2.05) is 32.4 Å². The summed E-state index contributed by atoms with van der Waals surface area (Å²) >= 11 is 0. The molecule has 0 fully saturated rings. The molecule has 0 aliphatic heterocycles. The zero-order valence-electron chi connectivity index (χ0n) is 13.9. The van der Waals surface area contributed by atoms with Crippen molar-refractivity contribution in [1.82, 2.24) is 20.4 Å². The minimum atomic E-state index is -0.188. The van der Waals surface area contributed by atoms with Crippen LogP contribution in [0.4, 0.5) is 4.39 Å². The van der Waals surface area contributed by atoms with Gasteiger partial charge in [0.25, 0.3) is 0 Å². The molecule has 124 valence electrons. The predicted octanol–water partition coefficient (Wildman–Crippen LogP) is 2.17. The van der Waals surface area contributed by atoms with Crippen molar-refractivity contribution in [2.75, 3.05) is 13.1 Å². The van der Waals surface area contributed by atoms with E-state index in [4.69, 9.17) is 0 Å². The number of hydrogen-bond donors (Lipinski definition) is 2. The second-order valence-corrected chi connectivity index (χ2v) is 5.48. The van der Waals surface area contributed by atoms with Crippen molar-refractivity contribution in [2.24, 2.45) is 12.0 Å². The van der Waals surface area contributed by atoms with Crippen LogP contribution in [-0.2, 0) is 20.0 Å². The Bertz CT molecular complexity index is 663. The molecule has 0 unspecified atom stereocenters. The number of rotatable bonds is 6. The summed E-state index contributed by atoms with van der Waals surface area (Å²) in [7, 11) is 1.91. The molecule has 0 saturated carbocycles. The Hall–Kier alpha value is -2.37. The lowest BCUT2D eigenvalue weighted by atomic mass is 10.1. The topological polar surface area (TPSA) is 54.2 Å². The fourth-order valence-corrected chi connectivity index (χ4v) is 2.17. The van der Waals surface area contributed by atoms with Crippen LogP contribution in [0.2, 0.25) is 0 Å². The van der Waals surface area contributed by atoms with Gasteiger partial charge in [0.1, 0.15) is 5.82 Å². The summed E-state index contributed by atoms with van der Waals surface area (Å²) in [4.78, 5) is 4.50. The lowest BCUT2D eigenvalue weighted by Crippen LogP contribution is -2.38. The highest BCUT2D eigenvalue weighted by molar-refractivity contribution is 5.79. The van der Waals surface area contributed by atoms with E-state index >= 15 is 0 Å². The maximum Gasteiger partial charge on any atom is 0.191 e. The van der Waals surface area contributed by atoms with Gasteiger partial charge in [-0.2, -0.15) is 5.10 Å². The van der Waals surface area contributed by atoms with Gasteiger partial charge in [0, 0.05) is 26.3 Å². The number of guanidine groups is 1. The number of nitrogens with one attached hydrogen (secondary N) is 2. The molecule has 0 spiro atoms. The highest BCUT2D eigenvalue weighted by atomic mass is 19.1. The van der Waals surface area contributed by atoms with Crippen molar-refractivity contribution in [3.8, 4) is 0 Å². The molecule has 0 bridgehead atoms. The minimum Gasteiger partial charge on any atom is -0.357 e. The van der Waals surface area contributed by atoms with E-state index in [0.717, 1.165) is 31.0 Å². The molecule has 0 amide bonds. The minimum absolute atomic E-state index is 0.188. The first-order chi connectivity index (χ1) is 11.1. The lowest BCUT2D eigenvalue weighted by Gasteiger charge is -2.11. The van der Waals surface area contributed by atoms with Crippen molar-refractivity contribution in [2.45, 2.75) is 26.8 Å². The number of halogens is 1. The zero-order chi connectivity index (χ0) is 16.7. The van der Waals surface area contributed by atoms with Gasteiger partial charge in [0.05, 0.1) is 12.7 Å². The predicted molar refractivity (Wildman–Crippen MR) is 90.9 cm³/mol. The van der Waals surface area contributed by atoms with E-state index in [1.54, 1.807) is 17.7 Å². The Morgan fingerprint density at radius 2 is 2.13 bits per heavy atom. The molecule has 0 radical (unpaired) electrons. The quantitative estimate of drug-likeness (QED) is 0.634. The number of benzene rings is 1. The largest absolute Gasteiger partial charge is 0.357 e. The van der Waals surface area contributed by atoms with Crippen LogP contribution >= 0.6 is 0 Å². The van der Waals surface area contributed by atoms with Crippen LogP contribution in [0.25, 0.3) is 0 Å². The van der Waals surface area contributed by atoms with Gasteiger partial charge in [-0.15, -0.1) is 0 Å². The maximum absolute atomic E-state index is 13.6. The molecule has 23 heavy (non-hydrogen) atoms. The van der Waals surface area contributed by atoms with Gasteiger partial charge in [0.15, 0.2) is 5.96 Å². The van der Waals surface area contributed by atoms with E-state index in [9.17, 15) is 4.39 Å². The summed E-state index contributed by atoms with van der Waals surface area (Å²) in [6, 6.07) is 5.22. The first kappa shape index (κ1) is 17.0. The molecule has 6 heteroatoms. The Balaban J connectivity index is 1.89. The van der Waals surface area contributed by atoms with E-state index in [-0.39, 0.29) is 5.82 Å². The van der Waals surface area contributed by atoms with Crippen LogP contribution in [-0.4, -0.2) is 28.8 Å². The third kappa shape index (κ3) is 5.39. The van der Waals surface area contributed by atoms with E-state index in [1.165, 1.54) is 11.6 Å². The molecule has 2 rings (SSSR count). The van der Waals surface area contributed by atoms with Crippen LogP contribution in [0, 0.1) is 12.7 Å². The average Bonchev–Trinajstić information content (AvgIpc) is 2.93. The summed E-state index contributed by atoms with van der Waals surface area (Å²) in [5, 5.41) is 10.6. The van der Waals surface area contributed by atoms with Gasteiger partial charge >= 0.3 is 0 Å². The smallest absolute Gasteiger partial charge is 0.191 e. The average molecular weight is 317 g/mol. The molecule has 2 N–H and O–H groups in total. The number of nitrogens with zero attached hydrogens (tertiary/aromatic N) is 3. The van der Waals surface area contributed by atoms with Crippen LogP contribution in [0.15, 0.2) is 35.6 Å². The first-order valence-electron chi connectivity index (χ1n) is 7.83. The number of aromatic nitrogens is 2. The van der Waals surface area contributed by atoms with Gasteiger partial charge in [-0.1, -0.05) is 12.1 Å². The van der Waals surface area contributed by atoms with E-state index in [2.05, 4.69) is 20.7 Å². The van der Waals surface area contributed by atoms with Gasteiger partial charge in [0.2, 0.25) is 0 Å². The molecule has 1 aromatic heterocycles. The molecule has 0 aliphatic carbocycles. The molecule has 0 aliphatic rings.